The summed E-state index contributed by atoms with van der Waals surface area (Å²) >= 11 is 0. The van der Waals surface area contributed by atoms with Crippen LogP contribution in [0.2, 0.25) is 0 Å². The highest BCUT2D eigenvalue weighted by Crippen LogP contribution is 2.15. The number of nitrogens with one attached hydrogen (secondary N) is 1. The highest BCUT2D eigenvalue weighted by Gasteiger charge is 2.02. The molecule has 5 nitrogen and oxygen atoms in total. The first-order valence-corrected chi connectivity index (χ1v) is 6.86. The molecule has 0 aliphatic heterocycles. The summed E-state index contributed by atoms with van der Waals surface area (Å²) in [6, 6.07) is 7.28. The molecule has 0 atom stereocenters. The van der Waals surface area contributed by atoms with E-state index in [-0.39, 0.29) is 5.91 Å². The Kier molecular flexibility index (Phi) is 7.87. The average Bonchev–Trinajstić information content (AvgIpc) is 2.47. The Labute approximate surface area is 119 Å². The van der Waals surface area contributed by atoms with Crippen molar-refractivity contribution in [1.82, 2.24) is 0 Å². The Morgan fingerprint density at radius 3 is 2.60 bits per heavy atom. The SMILES string of the molecule is COc1ccc(NC(=O)CCCCCC/C=N/O)cc1. The molecule has 0 aliphatic rings. The molecular formula is C15H22N2O3. The van der Waals surface area contributed by atoms with Crippen LogP contribution < -0.4 is 10.1 Å². The van der Waals surface area contributed by atoms with E-state index in [4.69, 9.17) is 9.94 Å². The summed E-state index contributed by atoms with van der Waals surface area (Å²) in [5.41, 5.74) is 0.787. The van der Waals surface area contributed by atoms with Crippen LogP contribution in [0.3, 0.4) is 0 Å². The van der Waals surface area contributed by atoms with Gasteiger partial charge >= 0.3 is 0 Å². The molecule has 1 aromatic rings. The van der Waals surface area contributed by atoms with Gasteiger partial charge in [-0.3, -0.25) is 4.79 Å². The summed E-state index contributed by atoms with van der Waals surface area (Å²) in [6.07, 6.45) is 6.73. The second kappa shape index (κ2) is 9.83. The Hall–Kier alpha value is -2.04. The molecule has 0 aromatic heterocycles. The van der Waals surface area contributed by atoms with Crippen LogP contribution >= 0.6 is 0 Å². The monoisotopic (exact) mass is 278 g/mol. The van der Waals surface area contributed by atoms with Crippen LogP contribution in [-0.2, 0) is 4.79 Å². The highest BCUT2D eigenvalue weighted by atomic mass is 16.5. The normalized spacial score (nSPS) is 10.7. The molecule has 0 saturated heterocycles. The van der Waals surface area contributed by atoms with Crippen LogP contribution in [0, 0.1) is 0 Å². The number of carbonyl (C=O) groups is 1. The second-order valence-electron chi connectivity index (χ2n) is 4.53. The predicted octanol–water partition coefficient (Wildman–Crippen LogP) is 3.43. The summed E-state index contributed by atoms with van der Waals surface area (Å²) in [4.78, 5) is 11.7. The molecule has 20 heavy (non-hydrogen) atoms. The number of oxime groups is 1. The number of methoxy groups -OCH3 is 1. The quantitative estimate of drug-likeness (QED) is 0.314. The fourth-order valence-electron chi connectivity index (χ4n) is 1.83. The van der Waals surface area contributed by atoms with Crippen molar-refractivity contribution in [2.24, 2.45) is 5.16 Å². The minimum absolute atomic E-state index is 0.0343. The van der Waals surface area contributed by atoms with E-state index in [0.717, 1.165) is 43.5 Å². The fourth-order valence-corrected chi connectivity index (χ4v) is 1.83. The molecule has 0 saturated carbocycles. The number of anilines is 1. The summed E-state index contributed by atoms with van der Waals surface area (Å²) in [5, 5.41) is 14.0. The smallest absolute Gasteiger partial charge is 0.224 e. The molecule has 110 valence electrons. The molecule has 0 fully saturated rings. The number of amides is 1. The van der Waals surface area contributed by atoms with Crippen molar-refractivity contribution in [2.75, 3.05) is 12.4 Å². The minimum Gasteiger partial charge on any atom is -0.497 e. The van der Waals surface area contributed by atoms with Crippen LogP contribution in [0.15, 0.2) is 29.4 Å². The molecule has 5 heteroatoms. The minimum atomic E-state index is 0.0343. The lowest BCUT2D eigenvalue weighted by Gasteiger charge is -2.06. The van der Waals surface area contributed by atoms with Crippen molar-refractivity contribution >= 4 is 17.8 Å². The van der Waals surface area contributed by atoms with Gasteiger partial charge in [-0.2, -0.15) is 0 Å². The van der Waals surface area contributed by atoms with Gasteiger partial charge in [-0.25, -0.2) is 0 Å². The van der Waals surface area contributed by atoms with E-state index in [2.05, 4.69) is 10.5 Å². The first-order chi connectivity index (χ1) is 9.76. The molecule has 1 rings (SSSR count). The zero-order chi connectivity index (χ0) is 14.6. The number of rotatable bonds is 9. The molecule has 0 aliphatic carbocycles. The molecule has 0 heterocycles. The molecular weight excluding hydrogens is 256 g/mol. The highest BCUT2D eigenvalue weighted by molar-refractivity contribution is 5.90. The van der Waals surface area contributed by atoms with E-state index in [9.17, 15) is 4.79 Å². The lowest BCUT2D eigenvalue weighted by molar-refractivity contribution is -0.116. The lowest BCUT2D eigenvalue weighted by atomic mass is 10.1. The van der Waals surface area contributed by atoms with Gasteiger partial charge in [0.2, 0.25) is 5.91 Å². The van der Waals surface area contributed by atoms with E-state index in [1.54, 1.807) is 7.11 Å². The Morgan fingerprint density at radius 2 is 1.95 bits per heavy atom. The van der Waals surface area contributed by atoms with Crippen LogP contribution in [0.1, 0.15) is 38.5 Å². The van der Waals surface area contributed by atoms with Gasteiger partial charge < -0.3 is 15.3 Å². The number of hydrogen-bond donors (Lipinski definition) is 2. The summed E-state index contributed by atoms with van der Waals surface area (Å²) in [6.45, 7) is 0. The van der Waals surface area contributed by atoms with Gasteiger partial charge in [-0.05, 0) is 43.5 Å². The van der Waals surface area contributed by atoms with Gasteiger partial charge in [-0.1, -0.05) is 12.8 Å². The number of unbranched alkanes of at least 4 members (excludes halogenated alkanes) is 4. The van der Waals surface area contributed by atoms with Crippen LogP contribution in [0.5, 0.6) is 5.75 Å². The Bertz CT molecular complexity index is 416. The van der Waals surface area contributed by atoms with Crippen molar-refractivity contribution < 1.29 is 14.7 Å². The van der Waals surface area contributed by atoms with Crippen molar-refractivity contribution in [3.63, 3.8) is 0 Å². The van der Waals surface area contributed by atoms with Gasteiger partial charge in [0.1, 0.15) is 5.75 Å². The molecule has 0 unspecified atom stereocenters. The summed E-state index contributed by atoms with van der Waals surface area (Å²) < 4.78 is 5.06. The van der Waals surface area contributed by atoms with Crippen molar-refractivity contribution in [3.8, 4) is 5.75 Å². The molecule has 0 spiro atoms. The molecule has 1 amide bonds. The third kappa shape index (κ3) is 6.78. The number of benzene rings is 1. The van der Waals surface area contributed by atoms with Crippen LogP contribution in [0.4, 0.5) is 5.69 Å². The zero-order valence-electron chi connectivity index (χ0n) is 11.8. The van der Waals surface area contributed by atoms with E-state index in [1.807, 2.05) is 24.3 Å². The van der Waals surface area contributed by atoms with E-state index in [1.165, 1.54) is 6.21 Å². The Balaban J connectivity index is 2.13. The molecule has 0 bridgehead atoms. The van der Waals surface area contributed by atoms with Crippen molar-refractivity contribution in [1.29, 1.82) is 0 Å². The second-order valence-corrected chi connectivity index (χ2v) is 4.53. The topological polar surface area (TPSA) is 70.9 Å². The van der Waals surface area contributed by atoms with Crippen LogP contribution in [0.25, 0.3) is 0 Å². The van der Waals surface area contributed by atoms with E-state index in [0.29, 0.717) is 6.42 Å². The summed E-state index contributed by atoms with van der Waals surface area (Å²) in [7, 11) is 1.61. The maximum absolute atomic E-state index is 11.7. The first kappa shape index (κ1) is 16.0. The zero-order valence-corrected chi connectivity index (χ0v) is 11.8. The number of hydrogen-bond acceptors (Lipinski definition) is 4. The largest absolute Gasteiger partial charge is 0.497 e. The maximum atomic E-state index is 11.7. The molecule has 0 radical (unpaired) electrons. The third-order valence-electron chi connectivity index (χ3n) is 2.94. The number of ether oxygens (including phenoxy) is 1. The van der Waals surface area contributed by atoms with Gasteiger partial charge in [0, 0.05) is 18.3 Å². The fraction of sp³-hybridized carbons (Fsp3) is 0.467. The van der Waals surface area contributed by atoms with Crippen molar-refractivity contribution in [3.05, 3.63) is 24.3 Å². The molecule has 1 aromatic carbocycles. The standard InChI is InChI=1S/C15H22N2O3/c1-20-14-10-8-13(9-11-14)17-15(18)7-5-3-2-4-6-12-16-19/h8-12,19H,2-7H2,1H3,(H,17,18)/b16-12+. The van der Waals surface area contributed by atoms with Gasteiger partial charge in [0.25, 0.3) is 0 Å². The predicted molar refractivity (Wildman–Crippen MR) is 79.6 cm³/mol. The van der Waals surface area contributed by atoms with E-state index < -0.39 is 0 Å². The average molecular weight is 278 g/mol. The van der Waals surface area contributed by atoms with Crippen LogP contribution in [-0.4, -0.2) is 24.4 Å². The number of carbonyl (C=O) groups excluding carboxylic acids is 1. The third-order valence-corrected chi connectivity index (χ3v) is 2.94. The first-order valence-electron chi connectivity index (χ1n) is 6.86. The Morgan fingerprint density at radius 1 is 1.25 bits per heavy atom. The van der Waals surface area contributed by atoms with Gasteiger partial charge in [0.15, 0.2) is 0 Å². The molecule has 2 N–H and O–H groups in total. The lowest BCUT2D eigenvalue weighted by Crippen LogP contribution is -2.10. The van der Waals surface area contributed by atoms with Gasteiger partial charge in [0.05, 0.1) is 7.11 Å². The van der Waals surface area contributed by atoms with Gasteiger partial charge in [-0.15, -0.1) is 5.16 Å². The van der Waals surface area contributed by atoms with Crippen molar-refractivity contribution in [2.45, 2.75) is 38.5 Å². The van der Waals surface area contributed by atoms with E-state index >= 15 is 0 Å². The number of nitrogens with zero attached hydrogens (tertiary/aromatic N) is 1. The maximum Gasteiger partial charge on any atom is 0.224 e. The summed E-state index contributed by atoms with van der Waals surface area (Å²) in [5.74, 6) is 0.807.